The molecule has 0 saturated heterocycles. The summed E-state index contributed by atoms with van der Waals surface area (Å²) in [6, 6.07) is 8.73. The molecule has 0 aliphatic carbocycles. The Labute approximate surface area is 91.2 Å². The summed E-state index contributed by atoms with van der Waals surface area (Å²) in [6.07, 6.45) is 3.77. The molecule has 0 bridgehead atoms. The second-order valence-corrected chi connectivity index (χ2v) is 4.51. The third-order valence-corrected chi connectivity index (χ3v) is 3.19. The third-order valence-electron chi connectivity index (χ3n) is 3.19. The van der Waals surface area contributed by atoms with Gasteiger partial charge >= 0.3 is 0 Å². The highest BCUT2D eigenvalue weighted by atomic mass is 14.6. The standard InChI is InChI=1S/C14H17N/c1-10(2)11(3)12-4-5-14-9-15-7-6-13(14)8-12/h4-11H,1-3H3. The zero-order valence-corrected chi connectivity index (χ0v) is 9.57. The minimum atomic E-state index is 0.613. The molecule has 1 unspecified atom stereocenters. The van der Waals surface area contributed by atoms with E-state index in [1.165, 1.54) is 16.3 Å². The highest BCUT2D eigenvalue weighted by Crippen LogP contribution is 2.26. The summed E-state index contributed by atoms with van der Waals surface area (Å²) >= 11 is 0. The van der Waals surface area contributed by atoms with E-state index >= 15 is 0 Å². The van der Waals surface area contributed by atoms with Crippen molar-refractivity contribution < 1.29 is 0 Å². The van der Waals surface area contributed by atoms with Crippen LogP contribution in [0.4, 0.5) is 0 Å². The van der Waals surface area contributed by atoms with Gasteiger partial charge in [-0.05, 0) is 28.9 Å². The van der Waals surface area contributed by atoms with Crippen molar-refractivity contribution >= 4 is 10.8 Å². The van der Waals surface area contributed by atoms with Gasteiger partial charge in [-0.15, -0.1) is 0 Å². The molecular weight excluding hydrogens is 182 g/mol. The number of pyridine rings is 1. The van der Waals surface area contributed by atoms with Crippen LogP contribution in [0.2, 0.25) is 0 Å². The van der Waals surface area contributed by atoms with Crippen LogP contribution < -0.4 is 0 Å². The summed E-state index contributed by atoms with van der Waals surface area (Å²) in [5.74, 6) is 1.30. The minimum Gasteiger partial charge on any atom is -0.264 e. The Bertz CT molecular complexity index is 460. The van der Waals surface area contributed by atoms with Gasteiger partial charge in [0.05, 0.1) is 0 Å². The fourth-order valence-corrected chi connectivity index (χ4v) is 1.77. The van der Waals surface area contributed by atoms with Crippen LogP contribution in [-0.4, -0.2) is 4.98 Å². The number of aromatic nitrogens is 1. The topological polar surface area (TPSA) is 12.9 Å². The van der Waals surface area contributed by atoms with Gasteiger partial charge in [0.15, 0.2) is 0 Å². The number of hydrogen-bond donors (Lipinski definition) is 0. The molecule has 0 radical (unpaired) electrons. The van der Waals surface area contributed by atoms with Crippen molar-refractivity contribution in [1.82, 2.24) is 4.98 Å². The lowest BCUT2D eigenvalue weighted by Crippen LogP contribution is -2.01. The van der Waals surface area contributed by atoms with Crippen molar-refractivity contribution in [3.05, 3.63) is 42.2 Å². The van der Waals surface area contributed by atoms with Gasteiger partial charge in [0.2, 0.25) is 0 Å². The van der Waals surface area contributed by atoms with Crippen LogP contribution >= 0.6 is 0 Å². The fraction of sp³-hybridized carbons (Fsp3) is 0.357. The van der Waals surface area contributed by atoms with E-state index in [2.05, 4.69) is 50.0 Å². The predicted molar refractivity (Wildman–Crippen MR) is 65.0 cm³/mol. The molecule has 0 aliphatic heterocycles. The van der Waals surface area contributed by atoms with Gasteiger partial charge in [-0.2, -0.15) is 0 Å². The first-order valence-electron chi connectivity index (χ1n) is 5.52. The highest BCUT2D eigenvalue weighted by Gasteiger charge is 2.09. The van der Waals surface area contributed by atoms with Gasteiger partial charge in [-0.1, -0.05) is 39.0 Å². The number of rotatable bonds is 2. The smallest absolute Gasteiger partial charge is 0.0346 e. The zero-order chi connectivity index (χ0) is 10.8. The molecule has 0 spiro atoms. The quantitative estimate of drug-likeness (QED) is 0.712. The van der Waals surface area contributed by atoms with E-state index in [0.717, 1.165) is 0 Å². The van der Waals surface area contributed by atoms with Gasteiger partial charge in [-0.25, -0.2) is 0 Å². The molecule has 0 aliphatic rings. The van der Waals surface area contributed by atoms with Gasteiger partial charge in [-0.3, -0.25) is 4.98 Å². The van der Waals surface area contributed by atoms with Crippen LogP contribution in [-0.2, 0) is 0 Å². The first kappa shape index (κ1) is 10.2. The summed E-state index contributed by atoms with van der Waals surface area (Å²) in [5.41, 5.74) is 1.42. The lowest BCUT2D eigenvalue weighted by molar-refractivity contribution is 0.535. The molecule has 1 aromatic carbocycles. The molecule has 1 atom stereocenters. The number of nitrogens with zero attached hydrogens (tertiary/aromatic N) is 1. The van der Waals surface area contributed by atoms with Crippen LogP contribution in [0, 0.1) is 5.92 Å². The molecule has 15 heavy (non-hydrogen) atoms. The van der Waals surface area contributed by atoms with Crippen molar-refractivity contribution in [1.29, 1.82) is 0 Å². The molecule has 1 heterocycles. The van der Waals surface area contributed by atoms with Crippen LogP contribution in [0.25, 0.3) is 10.8 Å². The fourth-order valence-electron chi connectivity index (χ4n) is 1.77. The molecule has 78 valence electrons. The predicted octanol–water partition coefficient (Wildman–Crippen LogP) is 3.99. The van der Waals surface area contributed by atoms with Crippen LogP contribution in [0.5, 0.6) is 0 Å². The van der Waals surface area contributed by atoms with Gasteiger partial charge < -0.3 is 0 Å². The average Bonchev–Trinajstić information content (AvgIpc) is 2.27. The molecule has 0 amide bonds. The van der Waals surface area contributed by atoms with Crippen molar-refractivity contribution in [3.8, 4) is 0 Å². The summed E-state index contributed by atoms with van der Waals surface area (Å²) in [4.78, 5) is 4.12. The SMILES string of the molecule is CC(C)C(C)c1ccc2cnccc2c1. The molecule has 0 saturated carbocycles. The van der Waals surface area contributed by atoms with E-state index in [9.17, 15) is 0 Å². The Morgan fingerprint density at radius 2 is 1.80 bits per heavy atom. The molecule has 2 aromatic rings. The Hall–Kier alpha value is -1.37. The van der Waals surface area contributed by atoms with E-state index in [1.54, 1.807) is 0 Å². The molecule has 2 rings (SSSR count). The zero-order valence-electron chi connectivity index (χ0n) is 9.57. The van der Waals surface area contributed by atoms with Crippen LogP contribution in [0.3, 0.4) is 0 Å². The minimum absolute atomic E-state index is 0.613. The summed E-state index contributed by atoms with van der Waals surface area (Å²) < 4.78 is 0. The number of fused-ring (bicyclic) bond motifs is 1. The molecule has 1 heteroatoms. The first-order chi connectivity index (χ1) is 7.18. The van der Waals surface area contributed by atoms with Gasteiger partial charge in [0.25, 0.3) is 0 Å². The second kappa shape index (κ2) is 4.01. The molecular formula is C14H17N. The van der Waals surface area contributed by atoms with Gasteiger partial charge in [0, 0.05) is 17.8 Å². The number of benzene rings is 1. The summed E-state index contributed by atoms with van der Waals surface area (Å²) in [7, 11) is 0. The maximum Gasteiger partial charge on any atom is 0.0346 e. The second-order valence-electron chi connectivity index (χ2n) is 4.51. The largest absolute Gasteiger partial charge is 0.264 e. The maximum atomic E-state index is 4.12. The monoisotopic (exact) mass is 199 g/mol. The van der Waals surface area contributed by atoms with E-state index < -0.39 is 0 Å². The molecule has 0 N–H and O–H groups in total. The average molecular weight is 199 g/mol. The van der Waals surface area contributed by atoms with Crippen molar-refractivity contribution in [2.24, 2.45) is 5.92 Å². The Morgan fingerprint density at radius 1 is 1.00 bits per heavy atom. The normalized spacial score (nSPS) is 13.3. The Kier molecular flexibility index (Phi) is 2.72. The van der Waals surface area contributed by atoms with E-state index in [-0.39, 0.29) is 0 Å². The summed E-state index contributed by atoms with van der Waals surface area (Å²) in [5, 5.41) is 2.51. The van der Waals surface area contributed by atoms with Gasteiger partial charge in [0.1, 0.15) is 0 Å². The third kappa shape index (κ3) is 2.01. The number of hydrogen-bond acceptors (Lipinski definition) is 1. The maximum absolute atomic E-state index is 4.12. The molecule has 1 nitrogen and oxygen atoms in total. The Balaban J connectivity index is 2.47. The highest BCUT2D eigenvalue weighted by molar-refractivity contribution is 5.82. The van der Waals surface area contributed by atoms with E-state index in [0.29, 0.717) is 11.8 Å². The van der Waals surface area contributed by atoms with Crippen molar-refractivity contribution in [3.63, 3.8) is 0 Å². The van der Waals surface area contributed by atoms with Crippen molar-refractivity contribution in [2.45, 2.75) is 26.7 Å². The van der Waals surface area contributed by atoms with E-state index in [4.69, 9.17) is 0 Å². The molecule has 0 fully saturated rings. The summed E-state index contributed by atoms with van der Waals surface area (Å²) in [6.45, 7) is 6.82. The van der Waals surface area contributed by atoms with Crippen LogP contribution in [0.1, 0.15) is 32.3 Å². The molecule has 1 aromatic heterocycles. The lowest BCUT2D eigenvalue weighted by Gasteiger charge is -2.16. The van der Waals surface area contributed by atoms with Crippen LogP contribution in [0.15, 0.2) is 36.7 Å². The van der Waals surface area contributed by atoms with E-state index in [1.807, 2.05) is 12.4 Å². The first-order valence-corrected chi connectivity index (χ1v) is 5.52. The lowest BCUT2D eigenvalue weighted by atomic mass is 9.89. The van der Waals surface area contributed by atoms with Crippen molar-refractivity contribution in [2.75, 3.05) is 0 Å². The Morgan fingerprint density at radius 3 is 2.53 bits per heavy atom.